The zero-order chi connectivity index (χ0) is 16.4. The van der Waals surface area contributed by atoms with Gasteiger partial charge in [0.1, 0.15) is 4.88 Å². The maximum absolute atomic E-state index is 12.7. The fourth-order valence-electron chi connectivity index (χ4n) is 2.28. The Bertz CT molecular complexity index is 734. The number of carboxylic acid groups (broad SMARTS) is 1. The van der Waals surface area contributed by atoms with E-state index >= 15 is 0 Å². The Morgan fingerprint density at radius 2 is 2.13 bits per heavy atom. The molecule has 1 amide bonds. The van der Waals surface area contributed by atoms with E-state index in [1.165, 1.54) is 16.2 Å². The molecule has 0 saturated carbocycles. The molecule has 1 fully saturated rings. The van der Waals surface area contributed by atoms with Crippen molar-refractivity contribution >= 4 is 23.2 Å². The summed E-state index contributed by atoms with van der Waals surface area (Å²) < 4.78 is 5.16. The number of carbonyl (C=O) groups excluding carboxylic acids is 1. The largest absolute Gasteiger partial charge is 0.480 e. The zero-order valence-corrected chi connectivity index (χ0v) is 13.1. The lowest BCUT2D eigenvalue weighted by molar-refractivity contribution is -0.147. The molecule has 23 heavy (non-hydrogen) atoms. The maximum atomic E-state index is 12.7. The van der Waals surface area contributed by atoms with Crippen LogP contribution < -0.4 is 0 Å². The predicted molar refractivity (Wildman–Crippen MR) is 81.2 cm³/mol. The molecule has 1 N–H and O–H groups in total. The van der Waals surface area contributed by atoms with E-state index in [-0.39, 0.29) is 19.1 Å². The van der Waals surface area contributed by atoms with Crippen molar-refractivity contribution in [3.05, 3.63) is 29.0 Å². The Labute approximate surface area is 135 Å². The number of morpholine rings is 1. The number of ether oxygens (including phenoxy) is 1. The van der Waals surface area contributed by atoms with Gasteiger partial charge in [0.15, 0.2) is 16.9 Å². The molecule has 1 aliphatic heterocycles. The van der Waals surface area contributed by atoms with Gasteiger partial charge in [-0.15, -0.1) is 11.3 Å². The van der Waals surface area contributed by atoms with E-state index in [9.17, 15) is 14.7 Å². The Morgan fingerprint density at radius 3 is 2.83 bits per heavy atom. The number of aliphatic carboxylic acids is 1. The third-order valence-corrected chi connectivity index (χ3v) is 4.56. The van der Waals surface area contributed by atoms with Crippen LogP contribution in [0.2, 0.25) is 0 Å². The summed E-state index contributed by atoms with van der Waals surface area (Å²) in [6.07, 6.45) is 3.20. The summed E-state index contributed by atoms with van der Waals surface area (Å²) >= 11 is 1.17. The van der Waals surface area contributed by atoms with Crippen molar-refractivity contribution in [2.24, 2.45) is 0 Å². The second kappa shape index (κ2) is 6.39. The molecular formula is C14H14N4O4S. The van der Waals surface area contributed by atoms with Gasteiger partial charge in [0.25, 0.3) is 5.91 Å². The molecule has 3 heterocycles. The highest BCUT2D eigenvalue weighted by molar-refractivity contribution is 7.17. The Kier molecular flexibility index (Phi) is 4.30. The van der Waals surface area contributed by atoms with Gasteiger partial charge in [-0.2, -0.15) is 0 Å². The van der Waals surface area contributed by atoms with Crippen LogP contribution in [0.3, 0.4) is 0 Å². The average Bonchev–Trinajstić information content (AvgIpc) is 2.97. The lowest BCUT2D eigenvalue weighted by Crippen LogP contribution is -2.52. The molecule has 1 atom stereocenters. The van der Waals surface area contributed by atoms with Crippen LogP contribution in [0.1, 0.15) is 15.4 Å². The van der Waals surface area contributed by atoms with Gasteiger partial charge in [-0.05, 0) is 13.0 Å². The van der Waals surface area contributed by atoms with E-state index in [2.05, 4.69) is 15.0 Å². The molecule has 0 aliphatic carbocycles. The summed E-state index contributed by atoms with van der Waals surface area (Å²) in [5, 5.41) is 9.78. The fourth-order valence-corrected chi connectivity index (χ4v) is 3.25. The first-order valence-electron chi connectivity index (χ1n) is 6.94. The van der Waals surface area contributed by atoms with E-state index in [4.69, 9.17) is 4.74 Å². The normalized spacial score (nSPS) is 18.0. The number of hydrogen-bond acceptors (Lipinski definition) is 7. The molecule has 0 spiro atoms. The molecule has 0 unspecified atom stereocenters. The number of nitrogens with zero attached hydrogens (tertiary/aromatic N) is 4. The number of thiazole rings is 1. The first kappa shape index (κ1) is 15.5. The molecule has 2 aromatic rings. The van der Waals surface area contributed by atoms with E-state index in [0.717, 1.165) is 0 Å². The SMILES string of the molecule is Cc1nc(-c2ncccn2)sc1C(=O)N1CCOC[C@H]1C(=O)O. The van der Waals surface area contributed by atoms with Crippen molar-refractivity contribution in [2.45, 2.75) is 13.0 Å². The van der Waals surface area contributed by atoms with Gasteiger partial charge in [0, 0.05) is 18.9 Å². The van der Waals surface area contributed by atoms with Crippen LogP contribution in [0.4, 0.5) is 0 Å². The summed E-state index contributed by atoms with van der Waals surface area (Å²) in [5.41, 5.74) is 0.540. The molecule has 0 radical (unpaired) electrons. The lowest BCUT2D eigenvalue weighted by atomic mass is 10.2. The van der Waals surface area contributed by atoms with Gasteiger partial charge in [0.05, 0.1) is 18.9 Å². The van der Waals surface area contributed by atoms with Crippen molar-refractivity contribution in [2.75, 3.05) is 19.8 Å². The standard InChI is InChI=1S/C14H14N4O4S/c1-8-10(23-12(17-8)11-15-3-2-4-16-11)13(19)18-5-6-22-7-9(18)14(20)21/h2-4,9H,5-7H2,1H3,(H,20,21)/t9-/m0/s1. The topological polar surface area (TPSA) is 106 Å². The number of carboxylic acids is 1. The van der Waals surface area contributed by atoms with Crippen LogP contribution in [-0.4, -0.2) is 62.6 Å². The molecule has 0 aromatic carbocycles. The summed E-state index contributed by atoms with van der Waals surface area (Å²) in [5.74, 6) is -0.985. The summed E-state index contributed by atoms with van der Waals surface area (Å²) in [4.78, 5) is 38.3. The van der Waals surface area contributed by atoms with Crippen LogP contribution in [0.5, 0.6) is 0 Å². The first-order valence-corrected chi connectivity index (χ1v) is 7.76. The van der Waals surface area contributed by atoms with Gasteiger partial charge in [-0.3, -0.25) is 4.79 Å². The van der Waals surface area contributed by atoms with Crippen LogP contribution in [0.25, 0.3) is 10.8 Å². The number of rotatable bonds is 3. The smallest absolute Gasteiger partial charge is 0.328 e. The lowest BCUT2D eigenvalue weighted by Gasteiger charge is -2.32. The van der Waals surface area contributed by atoms with E-state index < -0.39 is 12.0 Å². The minimum absolute atomic E-state index is 0.00637. The average molecular weight is 334 g/mol. The van der Waals surface area contributed by atoms with E-state index in [1.807, 2.05) is 0 Å². The Morgan fingerprint density at radius 1 is 1.39 bits per heavy atom. The molecule has 9 heteroatoms. The summed E-state index contributed by atoms with van der Waals surface area (Å²) in [7, 11) is 0. The van der Waals surface area contributed by atoms with E-state index in [0.29, 0.717) is 28.0 Å². The third kappa shape index (κ3) is 3.06. The van der Waals surface area contributed by atoms with Crippen molar-refractivity contribution in [3.63, 3.8) is 0 Å². The monoisotopic (exact) mass is 334 g/mol. The van der Waals surface area contributed by atoms with Crippen LogP contribution in [0.15, 0.2) is 18.5 Å². The molecule has 2 aromatic heterocycles. The van der Waals surface area contributed by atoms with Crippen LogP contribution in [0, 0.1) is 6.92 Å². The number of carbonyl (C=O) groups is 2. The van der Waals surface area contributed by atoms with Gasteiger partial charge in [-0.1, -0.05) is 0 Å². The molecular weight excluding hydrogens is 320 g/mol. The molecule has 3 rings (SSSR count). The van der Waals surface area contributed by atoms with Gasteiger partial charge >= 0.3 is 5.97 Å². The van der Waals surface area contributed by atoms with Gasteiger partial charge < -0.3 is 14.7 Å². The Balaban J connectivity index is 1.90. The maximum Gasteiger partial charge on any atom is 0.328 e. The first-order chi connectivity index (χ1) is 11.1. The highest BCUT2D eigenvalue weighted by atomic mass is 32.1. The van der Waals surface area contributed by atoms with Crippen molar-refractivity contribution in [1.29, 1.82) is 0 Å². The second-order valence-electron chi connectivity index (χ2n) is 4.93. The van der Waals surface area contributed by atoms with Gasteiger partial charge in [-0.25, -0.2) is 19.7 Å². The van der Waals surface area contributed by atoms with Crippen molar-refractivity contribution < 1.29 is 19.4 Å². The second-order valence-corrected chi connectivity index (χ2v) is 5.93. The molecule has 1 saturated heterocycles. The van der Waals surface area contributed by atoms with Crippen LogP contribution >= 0.6 is 11.3 Å². The zero-order valence-electron chi connectivity index (χ0n) is 12.3. The third-order valence-electron chi connectivity index (χ3n) is 3.42. The number of hydrogen-bond donors (Lipinski definition) is 1. The molecule has 1 aliphatic rings. The van der Waals surface area contributed by atoms with Gasteiger partial charge in [0.2, 0.25) is 0 Å². The number of amides is 1. The predicted octanol–water partition coefficient (Wildman–Crippen LogP) is 0.834. The van der Waals surface area contributed by atoms with Crippen molar-refractivity contribution in [1.82, 2.24) is 19.9 Å². The fraction of sp³-hybridized carbons (Fsp3) is 0.357. The minimum Gasteiger partial charge on any atom is -0.480 e. The molecule has 120 valence electrons. The summed E-state index contributed by atoms with van der Waals surface area (Å²) in [6.45, 7) is 2.27. The minimum atomic E-state index is -1.08. The molecule has 8 nitrogen and oxygen atoms in total. The summed E-state index contributed by atoms with van der Waals surface area (Å²) in [6, 6.07) is 0.718. The Hall–Kier alpha value is -2.39. The van der Waals surface area contributed by atoms with Crippen molar-refractivity contribution in [3.8, 4) is 10.8 Å². The molecule has 0 bridgehead atoms. The quantitative estimate of drug-likeness (QED) is 0.886. The highest BCUT2D eigenvalue weighted by Gasteiger charge is 2.35. The number of aryl methyl sites for hydroxylation is 1. The number of aromatic nitrogens is 3. The highest BCUT2D eigenvalue weighted by Crippen LogP contribution is 2.27. The van der Waals surface area contributed by atoms with E-state index in [1.54, 1.807) is 25.4 Å². The van der Waals surface area contributed by atoms with Crippen LogP contribution in [-0.2, 0) is 9.53 Å².